The zero-order valence-electron chi connectivity index (χ0n) is 28.4. The van der Waals surface area contributed by atoms with Gasteiger partial charge in [-0.05, 0) is 119 Å². The smallest absolute Gasteiger partial charge is 0.0462 e. The van der Waals surface area contributed by atoms with Crippen LogP contribution in [0.15, 0.2) is 227 Å². The van der Waals surface area contributed by atoms with E-state index in [1.807, 2.05) is 24.3 Å². The van der Waals surface area contributed by atoms with Gasteiger partial charge in [0.05, 0.1) is 0 Å². The van der Waals surface area contributed by atoms with E-state index in [4.69, 9.17) is 0 Å². The van der Waals surface area contributed by atoms with Crippen molar-refractivity contribution in [2.24, 2.45) is 0 Å². The lowest BCUT2D eigenvalue weighted by Gasteiger charge is -2.25. The zero-order chi connectivity index (χ0) is 35.5. The summed E-state index contributed by atoms with van der Waals surface area (Å²) in [6.45, 7) is 0. The number of anilines is 6. The van der Waals surface area contributed by atoms with Gasteiger partial charge >= 0.3 is 0 Å². The maximum absolute atomic E-state index is 3.53. The number of halogens is 2. The summed E-state index contributed by atoms with van der Waals surface area (Å²) in [7, 11) is 0. The molecule has 8 rings (SSSR count). The highest BCUT2D eigenvalue weighted by Gasteiger charge is 2.14. The van der Waals surface area contributed by atoms with Gasteiger partial charge in [0.1, 0.15) is 0 Å². The summed E-state index contributed by atoms with van der Waals surface area (Å²) < 4.78 is 2.14. The van der Waals surface area contributed by atoms with E-state index in [1.54, 1.807) is 0 Å². The van der Waals surface area contributed by atoms with Gasteiger partial charge in [-0.1, -0.05) is 153 Å². The Labute approximate surface area is 323 Å². The monoisotopic (exact) mass is 798 g/mol. The summed E-state index contributed by atoms with van der Waals surface area (Å²) in [6, 6.07) is 76.1. The molecular weight excluding hydrogens is 764 g/mol. The van der Waals surface area contributed by atoms with Crippen LogP contribution in [0.4, 0.5) is 34.1 Å². The Morgan fingerprint density at radius 2 is 0.423 bits per heavy atom. The van der Waals surface area contributed by atoms with Crippen LogP contribution in [-0.2, 0) is 0 Å². The molecular formula is C48H36Br2N2. The molecule has 0 aliphatic rings. The second-order valence-electron chi connectivity index (χ2n) is 12.1. The van der Waals surface area contributed by atoms with Gasteiger partial charge in [0.15, 0.2) is 0 Å². The number of para-hydroxylation sites is 2. The van der Waals surface area contributed by atoms with E-state index >= 15 is 0 Å². The highest BCUT2D eigenvalue weighted by Crippen LogP contribution is 2.37. The third-order valence-electron chi connectivity index (χ3n) is 8.66. The van der Waals surface area contributed by atoms with Crippen molar-refractivity contribution in [2.45, 2.75) is 0 Å². The van der Waals surface area contributed by atoms with E-state index in [0.717, 1.165) is 43.1 Å². The molecule has 0 fully saturated rings. The summed E-state index contributed by atoms with van der Waals surface area (Å²) in [5.41, 5.74) is 11.7. The molecule has 0 bridgehead atoms. The summed E-state index contributed by atoms with van der Waals surface area (Å²) in [5.74, 6) is 0. The van der Waals surface area contributed by atoms with Gasteiger partial charge in [-0.3, -0.25) is 0 Å². The summed E-state index contributed by atoms with van der Waals surface area (Å²) in [6.07, 6.45) is 0. The zero-order valence-corrected chi connectivity index (χ0v) is 31.6. The molecule has 0 atom stereocenters. The predicted octanol–water partition coefficient (Wildman–Crippen LogP) is 15.2. The van der Waals surface area contributed by atoms with Gasteiger partial charge in [-0.15, -0.1) is 0 Å². The molecule has 0 saturated carbocycles. The van der Waals surface area contributed by atoms with E-state index in [0.29, 0.717) is 0 Å². The van der Waals surface area contributed by atoms with Crippen LogP contribution in [-0.4, -0.2) is 0 Å². The highest BCUT2D eigenvalue weighted by molar-refractivity contribution is 9.10. The van der Waals surface area contributed by atoms with Crippen LogP contribution in [0, 0.1) is 0 Å². The van der Waals surface area contributed by atoms with E-state index in [9.17, 15) is 0 Å². The number of nitrogens with zero attached hydrogens (tertiary/aromatic N) is 2. The first-order valence-corrected chi connectivity index (χ1v) is 18.7. The minimum atomic E-state index is 1.07. The van der Waals surface area contributed by atoms with E-state index in [2.05, 4.69) is 236 Å². The molecule has 0 heterocycles. The van der Waals surface area contributed by atoms with E-state index < -0.39 is 0 Å². The van der Waals surface area contributed by atoms with Crippen LogP contribution in [0.1, 0.15) is 0 Å². The fourth-order valence-corrected chi connectivity index (χ4v) is 6.62. The van der Waals surface area contributed by atoms with Crippen molar-refractivity contribution in [1.29, 1.82) is 0 Å². The molecule has 0 N–H and O–H groups in total. The van der Waals surface area contributed by atoms with E-state index in [1.165, 1.54) is 22.3 Å². The third-order valence-corrected chi connectivity index (χ3v) is 9.72. The largest absolute Gasteiger partial charge is 0.311 e. The van der Waals surface area contributed by atoms with Crippen molar-refractivity contribution in [3.8, 4) is 22.3 Å². The predicted molar refractivity (Wildman–Crippen MR) is 229 cm³/mol. The van der Waals surface area contributed by atoms with Crippen LogP contribution in [0.5, 0.6) is 0 Å². The first-order valence-electron chi connectivity index (χ1n) is 17.1. The number of hydrogen-bond acceptors (Lipinski definition) is 2. The van der Waals surface area contributed by atoms with E-state index in [-0.39, 0.29) is 0 Å². The van der Waals surface area contributed by atoms with Crippen molar-refractivity contribution in [3.63, 3.8) is 0 Å². The topological polar surface area (TPSA) is 6.48 Å². The molecule has 0 aliphatic heterocycles. The molecule has 0 radical (unpaired) electrons. The molecule has 8 aromatic carbocycles. The van der Waals surface area contributed by atoms with Crippen molar-refractivity contribution in [3.05, 3.63) is 227 Å². The molecule has 0 saturated heterocycles. The van der Waals surface area contributed by atoms with Crippen LogP contribution in [0.25, 0.3) is 22.3 Å². The first kappa shape index (κ1) is 34.8. The molecule has 52 heavy (non-hydrogen) atoms. The average Bonchev–Trinajstić information content (AvgIpc) is 3.22. The van der Waals surface area contributed by atoms with Gasteiger partial charge in [0.2, 0.25) is 0 Å². The Morgan fingerprint density at radius 3 is 0.712 bits per heavy atom. The molecule has 2 nitrogen and oxygen atoms in total. The van der Waals surface area contributed by atoms with Crippen LogP contribution in [0.2, 0.25) is 0 Å². The molecule has 0 amide bonds. The Balaban J connectivity index is 0.000000162. The Kier molecular flexibility index (Phi) is 11.4. The van der Waals surface area contributed by atoms with Crippen molar-refractivity contribution in [2.75, 3.05) is 9.80 Å². The van der Waals surface area contributed by atoms with Gasteiger partial charge in [0.25, 0.3) is 0 Å². The molecule has 0 spiro atoms. The average molecular weight is 801 g/mol. The maximum atomic E-state index is 3.53. The quantitative estimate of drug-likeness (QED) is 0.151. The molecule has 4 heteroatoms. The molecule has 8 aromatic rings. The second-order valence-corrected chi connectivity index (χ2v) is 14.0. The minimum Gasteiger partial charge on any atom is -0.311 e. The number of hydrogen-bond donors (Lipinski definition) is 0. The highest BCUT2D eigenvalue weighted by atomic mass is 79.9. The van der Waals surface area contributed by atoms with Gasteiger partial charge in [-0.2, -0.15) is 0 Å². The third kappa shape index (κ3) is 8.60. The Morgan fingerprint density at radius 1 is 0.212 bits per heavy atom. The van der Waals surface area contributed by atoms with Gasteiger partial charge < -0.3 is 9.80 Å². The van der Waals surface area contributed by atoms with Crippen LogP contribution in [0.3, 0.4) is 0 Å². The Hall–Kier alpha value is -5.68. The molecule has 0 aromatic heterocycles. The SMILES string of the molecule is Brc1ccc(N(c2ccc(Br)cc2)c2ccc(-c3ccccc3)cc2)cc1.c1ccc(-c2ccc(N(c3ccccc3)c3ccccc3)cc2)cc1. The lowest BCUT2D eigenvalue weighted by atomic mass is 10.0. The fourth-order valence-electron chi connectivity index (χ4n) is 6.10. The molecule has 252 valence electrons. The standard InChI is InChI=1S/C24H17Br2N.C24H19N/c25-20-8-14-23(15-9-20)27(24-16-10-21(26)11-17-24)22-12-6-19(7-13-22)18-4-2-1-3-5-18;1-4-10-20(11-5-1)21-16-18-24(19-17-21)25(22-12-6-2-7-13-22)23-14-8-3-9-15-23/h1-17H;1-19H. The van der Waals surface area contributed by atoms with Crippen molar-refractivity contribution >= 4 is 66.0 Å². The normalized spacial score (nSPS) is 10.5. The van der Waals surface area contributed by atoms with Gasteiger partial charge in [-0.25, -0.2) is 0 Å². The first-order chi connectivity index (χ1) is 25.6. The molecule has 0 aliphatic carbocycles. The van der Waals surface area contributed by atoms with Gasteiger partial charge in [0, 0.05) is 43.1 Å². The van der Waals surface area contributed by atoms with Crippen molar-refractivity contribution in [1.82, 2.24) is 0 Å². The van der Waals surface area contributed by atoms with Crippen LogP contribution < -0.4 is 9.80 Å². The summed E-state index contributed by atoms with van der Waals surface area (Å²) in [4.78, 5) is 4.53. The minimum absolute atomic E-state index is 1.07. The number of rotatable bonds is 8. The fraction of sp³-hybridized carbons (Fsp3) is 0. The molecule has 0 unspecified atom stereocenters. The maximum Gasteiger partial charge on any atom is 0.0462 e. The lowest BCUT2D eigenvalue weighted by Crippen LogP contribution is -2.09. The second kappa shape index (κ2) is 17.0. The lowest BCUT2D eigenvalue weighted by molar-refractivity contribution is 1.28. The van der Waals surface area contributed by atoms with Crippen LogP contribution >= 0.6 is 31.9 Å². The Bertz CT molecular complexity index is 2180. The number of benzene rings is 8. The summed E-state index contributed by atoms with van der Waals surface area (Å²) >= 11 is 7.05. The summed E-state index contributed by atoms with van der Waals surface area (Å²) in [5, 5.41) is 0. The van der Waals surface area contributed by atoms with Crippen molar-refractivity contribution < 1.29 is 0 Å².